The maximum atomic E-state index is 6.23. The molecule has 0 aliphatic rings. The highest BCUT2D eigenvalue weighted by Crippen LogP contribution is 2.33. The van der Waals surface area contributed by atoms with Crippen LogP contribution in [0.2, 0.25) is 10.0 Å². The second-order valence-electron chi connectivity index (χ2n) is 5.68. The minimum atomic E-state index is 0.388. The summed E-state index contributed by atoms with van der Waals surface area (Å²) >= 11 is 12.2. The summed E-state index contributed by atoms with van der Waals surface area (Å²) in [4.78, 5) is 8.44. The molecule has 0 saturated heterocycles. The molecule has 2 aromatic carbocycles. The van der Waals surface area contributed by atoms with Gasteiger partial charge >= 0.3 is 0 Å². The van der Waals surface area contributed by atoms with Gasteiger partial charge in [-0.1, -0.05) is 35.3 Å². The van der Waals surface area contributed by atoms with Gasteiger partial charge in [0.25, 0.3) is 0 Å². The summed E-state index contributed by atoms with van der Waals surface area (Å²) in [6, 6.07) is 11.3. The van der Waals surface area contributed by atoms with Crippen molar-refractivity contribution in [2.45, 2.75) is 13.8 Å². The molecule has 1 heterocycles. The minimum absolute atomic E-state index is 0.388. The van der Waals surface area contributed by atoms with Gasteiger partial charge in [0.05, 0.1) is 10.7 Å². The molecule has 0 radical (unpaired) electrons. The SMILES string of the molecule is Cc1ccc(C)c(Nc2ncnc(Nc3cc(Cl)ccc3Cl)c2N)c1. The van der Waals surface area contributed by atoms with Crippen LogP contribution in [0.15, 0.2) is 42.7 Å². The van der Waals surface area contributed by atoms with E-state index in [1.807, 2.05) is 26.0 Å². The molecule has 7 heteroatoms. The fourth-order valence-electron chi connectivity index (χ4n) is 2.31. The molecule has 0 amide bonds. The van der Waals surface area contributed by atoms with Gasteiger partial charge in [-0.05, 0) is 49.2 Å². The Kier molecular flexibility index (Phi) is 4.97. The molecule has 5 nitrogen and oxygen atoms in total. The van der Waals surface area contributed by atoms with Gasteiger partial charge in [-0.25, -0.2) is 9.97 Å². The molecule has 3 aromatic rings. The van der Waals surface area contributed by atoms with Gasteiger partial charge in [0.1, 0.15) is 12.0 Å². The van der Waals surface area contributed by atoms with E-state index in [9.17, 15) is 0 Å². The molecule has 0 spiro atoms. The summed E-state index contributed by atoms with van der Waals surface area (Å²) in [7, 11) is 0. The van der Waals surface area contributed by atoms with E-state index in [0.717, 1.165) is 16.8 Å². The second-order valence-corrected chi connectivity index (χ2v) is 6.52. The van der Waals surface area contributed by atoms with E-state index in [4.69, 9.17) is 28.9 Å². The van der Waals surface area contributed by atoms with Crippen LogP contribution in [0.1, 0.15) is 11.1 Å². The zero-order valence-electron chi connectivity index (χ0n) is 13.8. The van der Waals surface area contributed by atoms with Crippen molar-refractivity contribution in [3.8, 4) is 0 Å². The number of hydrogen-bond donors (Lipinski definition) is 3. The van der Waals surface area contributed by atoms with Crippen LogP contribution in [-0.4, -0.2) is 9.97 Å². The highest BCUT2D eigenvalue weighted by molar-refractivity contribution is 6.35. The van der Waals surface area contributed by atoms with Crippen molar-refractivity contribution in [2.75, 3.05) is 16.4 Å². The van der Waals surface area contributed by atoms with Crippen LogP contribution in [0.5, 0.6) is 0 Å². The van der Waals surface area contributed by atoms with E-state index >= 15 is 0 Å². The number of anilines is 5. The number of rotatable bonds is 4. The molecule has 0 saturated carbocycles. The lowest BCUT2D eigenvalue weighted by Gasteiger charge is -2.15. The lowest BCUT2D eigenvalue weighted by Crippen LogP contribution is -2.06. The van der Waals surface area contributed by atoms with Gasteiger partial charge in [0.2, 0.25) is 0 Å². The highest BCUT2D eigenvalue weighted by atomic mass is 35.5. The summed E-state index contributed by atoms with van der Waals surface area (Å²) < 4.78 is 0. The van der Waals surface area contributed by atoms with E-state index < -0.39 is 0 Å². The first-order chi connectivity index (χ1) is 11.9. The second kappa shape index (κ2) is 7.17. The molecule has 0 fully saturated rings. The van der Waals surface area contributed by atoms with Crippen molar-refractivity contribution in [3.63, 3.8) is 0 Å². The number of halogens is 2. The molecule has 3 rings (SSSR count). The van der Waals surface area contributed by atoms with E-state index in [2.05, 4.69) is 26.7 Å². The van der Waals surface area contributed by atoms with Crippen molar-refractivity contribution < 1.29 is 0 Å². The van der Waals surface area contributed by atoms with Gasteiger partial charge < -0.3 is 16.4 Å². The van der Waals surface area contributed by atoms with E-state index in [1.54, 1.807) is 18.2 Å². The van der Waals surface area contributed by atoms with Crippen LogP contribution in [0.25, 0.3) is 0 Å². The van der Waals surface area contributed by atoms with Crippen molar-refractivity contribution in [2.24, 2.45) is 0 Å². The van der Waals surface area contributed by atoms with E-state index in [-0.39, 0.29) is 0 Å². The smallest absolute Gasteiger partial charge is 0.159 e. The Morgan fingerprint density at radius 1 is 0.880 bits per heavy atom. The van der Waals surface area contributed by atoms with Crippen LogP contribution < -0.4 is 16.4 Å². The fourth-order valence-corrected chi connectivity index (χ4v) is 2.65. The Hall–Kier alpha value is -2.50. The Morgan fingerprint density at radius 3 is 2.28 bits per heavy atom. The third-order valence-corrected chi connectivity index (χ3v) is 4.28. The van der Waals surface area contributed by atoms with Crippen LogP contribution >= 0.6 is 23.2 Å². The summed E-state index contributed by atoms with van der Waals surface area (Å²) in [5, 5.41) is 7.44. The van der Waals surface area contributed by atoms with Crippen molar-refractivity contribution in [1.29, 1.82) is 0 Å². The highest BCUT2D eigenvalue weighted by Gasteiger charge is 2.11. The lowest BCUT2D eigenvalue weighted by atomic mass is 10.1. The number of hydrogen-bond acceptors (Lipinski definition) is 5. The Balaban J connectivity index is 1.92. The predicted octanol–water partition coefficient (Wildman–Crippen LogP) is 5.47. The summed E-state index contributed by atoms with van der Waals surface area (Å²) in [5.74, 6) is 0.969. The normalized spacial score (nSPS) is 10.6. The Labute approximate surface area is 156 Å². The average molecular weight is 374 g/mol. The lowest BCUT2D eigenvalue weighted by molar-refractivity contribution is 1.17. The monoisotopic (exact) mass is 373 g/mol. The molecule has 1 aromatic heterocycles. The number of benzene rings is 2. The molecule has 0 atom stereocenters. The third-order valence-electron chi connectivity index (χ3n) is 3.71. The summed E-state index contributed by atoms with van der Waals surface area (Å²) in [6.45, 7) is 4.05. The zero-order chi connectivity index (χ0) is 18.0. The molecule has 0 aliphatic heterocycles. The number of nitrogen functional groups attached to an aromatic ring is 1. The first kappa shape index (κ1) is 17.3. The summed E-state index contributed by atoms with van der Waals surface area (Å²) in [5.41, 5.74) is 10.4. The van der Waals surface area contributed by atoms with Crippen molar-refractivity contribution >= 4 is 51.9 Å². The van der Waals surface area contributed by atoms with Gasteiger partial charge in [0, 0.05) is 10.7 Å². The zero-order valence-corrected chi connectivity index (χ0v) is 15.3. The standard InChI is InChI=1S/C18H17Cl2N5/c1-10-3-4-11(2)14(7-10)24-17-16(21)18(23-9-22-17)25-15-8-12(19)5-6-13(15)20/h3-9H,21H2,1-2H3,(H2,22,23,24,25). The van der Waals surface area contributed by atoms with Crippen molar-refractivity contribution in [3.05, 3.63) is 63.9 Å². The molecular weight excluding hydrogens is 357 g/mol. The van der Waals surface area contributed by atoms with Gasteiger partial charge in [-0.15, -0.1) is 0 Å². The van der Waals surface area contributed by atoms with E-state index in [0.29, 0.717) is 33.1 Å². The first-order valence-corrected chi connectivity index (χ1v) is 8.36. The molecule has 0 unspecified atom stereocenters. The van der Waals surface area contributed by atoms with Crippen LogP contribution in [0.3, 0.4) is 0 Å². The van der Waals surface area contributed by atoms with Crippen LogP contribution in [0, 0.1) is 13.8 Å². The molecule has 4 N–H and O–H groups in total. The van der Waals surface area contributed by atoms with Gasteiger partial charge in [-0.2, -0.15) is 0 Å². The largest absolute Gasteiger partial charge is 0.393 e. The number of nitrogens with zero attached hydrogens (tertiary/aromatic N) is 2. The van der Waals surface area contributed by atoms with Crippen LogP contribution in [-0.2, 0) is 0 Å². The third kappa shape index (κ3) is 3.95. The number of aromatic nitrogens is 2. The topological polar surface area (TPSA) is 75.9 Å². The minimum Gasteiger partial charge on any atom is -0.393 e. The number of nitrogens with one attached hydrogen (secondary N) is 2. The average Bonchev–Trinajstić information content (AvgIpc) is 2.58. The van der Waals surface area contributed by atoms with Crippen LogP contribution in [0.4, 0.5) is 28.7 Å². The Morgan fingerprint density at radius 2 is 1.56 bits per heavy atom. The van der Waals surface area contributed by atoms with E-state index in [1.165, 1.54) is 6.33 Å². The first-order valence-electron chi connectivity index (χ1n) is 7.61. The fraction of sp³-hybridized carbons (Fsp3) is 0.111. The summed E-state index contributed by atoms with van der Waals surface area (Å²) in [6.07, 6.45) is 1.44. The van der Waals surface area contributed by atoms with Crippen molar-refractivity contribution in [1.82, 2.24) is 9.97 Å². The molecule has 25 heavy (non-hydrogen) atoms. The quantitative estimate of drug-likeness (QED) is 0.565. The molecule has 0 bridgehead atoms. The molecular formula is C18H17Cl2N5. The predicted molar refractivity (Wildman–Crippen MR) is 105 cm³/mol. The number of aryl methyl sites for hydroxylation is 2. The maximum Gasteiger partial charge on any atom is 0.159 e. The van der Waals surface area contributed by atoms with Gasteiger partial charge in [0.15, 0.2) is 11.6 Å². The van der Waals surface area contributed by atoms with Gasteiger partial charge in [-0.3, -0.25) is 0 Å². The maximum absolute atomic E-state index is 6.23. The molecule has 0 aliphatic carbocycles. The molecule has 128 valence electrons. The Bertz CT molecular complexity index is 856. The number of nitrogens with two attached hydrogens (primary N) is 1.